The summed E-state index contributed by atoms with van der Waals surface area (Å²) in [6, 6.07) is 9.86. The van der Waals surface area contributed by atoms with Crippen LogP contribution in [0.15, 0.2) is 41.3 Å². The topological polar surface area (TPSA) is 69.7 Å². The lowest BCUT2D eigenvalue weighted by Crippen LogP contribution is -2.23. The standard InChI is InChI=1S/C18H22ClN3O3S/c1-12-10-14(21(2)3)7-9-16(12)20-18(23)13-6-8-15(19)17(11-13)26(24,25)22(4)5/h6-11H,1-5H3,(H,20,23). The first-order valence-corrected chi connectivity index (χ1v) is 9.67. The monoisotopic (exact) mass is 395 g/mol. The number of carbonyl (C=O) groups is 1. The number of hydrogen-bond donors (Lipinski definition) is 1. The maximum Gasteiger partial charge on any atom is 0.255 e. The number of hydrogen-bond acceptors (Lipinski definition) is 4. The Morgan fingerprint density at radius 3 is 2.23 bits per heavy atom. The Balaban J connectivity index is 2.34. The van der Waals surface area contributed by atoms with Gasteiger partial charge in [0.05, 0.1) is 5.02 Å². The first-order chi connectivity index (χ1) is 12.0. The van der Waals surface area contributed by atoms with E-state index < -0.39 is 15.9 Å². The molecule has 0 heterocycles. The van der Waals surface area contributed by atoms with E-state index in [1.54, 1.807) is 0 Å². The van der Waals surface area contributed by atoms with Gasteiger partial charge in [-0.05, 0) is 48.9 Å². The molecule has 1 amide bonds. The molecule has 1 N–H and O–H groups in total. The Kier molecular flexibility index (Phi) is 5.95. The molecule has 26 heavy (non-hydrogen) atoms. The van der Waals surface area contributed by atoms with Gasteiger partial charge >= 0.3 is 0 Å². The van der Waals surface area contributed by atoms with Crippen LogP contribution in [0.3, 0.4) is 0 Å². The number of rotatable bonds is 5. The number of halogens is 1. The lowest BCUT2D eigenvalue weighted by molar-refractivity contribution is 0.102. The molecule has 0 fully saturated rings. The predicted octanol–water partition coefficient (Wildman–Crippen LogP) is 3.22. The minimum absolute atomic E-state index is 0.0711. The fraction of sp³-hybridized carbons (Fsp3) is 0.278. The Labute approximate surface area is 159 Å². The Morgan fingerprint density at radius 1 is 1.04 bits per heavy atom. The van der Waals surface area contributed by atoms with Gasteiger partial charge in [0, 0.05) is 45.1 Å². The van der Waals surface area contributed by atoms with Crippen LogP contribution in [0, 0.1) is 6.92 Å². The van der Waals surface area contributed by atoms with Crippen LogP contribution in [0.1, 0.15) is 15.9 Å². The van der Waals surface area contributed by atoms with Crippen LogP contribution >= 0.6 is 11.6 Å². The van der Waals surface area contributed by atoms with E-state index in [9.17, 15) is 13.2 Å². The molecule has 0 bridgehead atoms. The SMILES string of the molecule is Cc1cc(N(C)C)ccc1NC(=O)c1ccc(Cl)c(S(=O)(=O)N(C)C)c1. The van der Waals surface area contributed by atoms with Crippen molar-refractivity contribution in [1.29, 1.82) is 0 Å². The highest BCUT2D eigenvalue weighted by Gasteiger charge is 2.22. The Morgan fingerprint density at radius 2 is 1.69 bits per heavy atom. The first kappa shape index (κ1) is 20.2. The van der Waals surface area contributed by atoms with Crippen LogP contribution in [-0.2, 0) is 10.0 Å². The molecule has 0 spiro atoms. The zero-order valence-corrected chi connectivity index (χ0v) is 16.9. The molecule has 2 aromatic carbocycles. The molecule has 0 atom stereocenters. The third-order valence-electron chi connectivity index (χ3n) is 3.93. The third kappa shape index (κ3) is 4.17. The molecular formula is C18H22ClN3O3S. The normalized spacial score (nSPS) is 11.5. The minimum Gasteiger partial charge on any atom is -0.378 e. The van der Waals surface area contributed by atoms with E-state index in [1.807, 2.05) is 44.1 Å². The number of sulfonamides is 1. The molecule has 0 unspecified atom stereocenters. The predicted molar refractivity (Wildman–Crippen MR) is 106 cm³/mol. The molecule has 0 saturated carbocycles. The lowest BCUT2D eigenvalue weighted by Gasteiger charge is -2.16. The molecule has 0 radical (unpaired) electrons. The van der Waals surface area contributed by atoms with Crippen LogP contribution in [0.25, 0.3) is 0 Å². The second-order valence-electron chi connectivity index (χ2n) is 6.28. The largest absolute Gasteiger partial charge is 0.378 e. The second-order valence-corrected chi connectivity index (χ2v) is 8.81. The summed E-state index contributed by atoms with van der Waals surface area (Å²) in [6.45, 7) is 1.90. The van der Waals surface area contributed by atoms with E-state index in [1.165, 1.54) is 32.3 Å². The number of amides is 1. The average molecular weight is 396 g/mol. The molecular weight excluding hydrogens is 374 g/mol. The summed E-state index contributed by atoms with van der Waals surface area (Å²) in [5.74, 6) is -0.405. The van der Waals surface area contributed by atoms with Gasteiger partial charge in [0.2, 0.25) is 10.0 Å². The number of nitrogens with one attached hydrogen (secondary N) is 1. The molecule has 140 valence electrons. The number of carbonyl (C=O) groups excluding carboxylic acids is 1. The van der Waals surface area contributed by atoms with E-state index in [0.717, 1.165) is 15.6 Å². The summed E-state index contributed by atoms with van der Waals surface area (Å²) in [5.41, 5.74) is 2.80. The fourth-order valence-electron chi connectivity index (χ4n) is 2.30. The fourth-order valence-corrected chi connectivity index (χ4v) is 3.69. The smallest absolute Gasteiger partial charge is 0.255 e. The summed E-state index contributed by atoms with van der Waals surface area (Å²) in [6.07, 6.45) is 0. The van der Waals surface area contributed by atoms with E-state index in [-0.39, 0.29) is 15.5 Å². The van der Waals surface area contributed by atoms with E-state index in [4.69, 9.17) is 11.6 Å². The van der Waals surface area contributed by atoms with Gasteiger partial charge in [-0.25, -0.2) is 12.7 Å². The lowest BCUT2D eigenvalue weighted by atomic mass is 10.1. The van der Waals surface area contributed by atoms with E-state index in [0.29, 0.717) is 5.69 Å². The van der Waals surface area contributed by atoms with Gasteiger partial charge in [-0.3, -0.25) is 4.79 Å². The minimum atomic E-state index is -3.74. The third-order valence-corrected chi connectivity index (χ3v) is 6.22. The summed E-state index contributed by atoms with van der Waals surface area (Å²) in [7, 11) is 2.95. The zero-order valence-electron chi connectivity index (χ0n) is 15.4. The van der Waals surface area contributed by atoms with E-state index in [2.05, 4.69) is 5.32 Å². The molecule has 8 heteroatoms. The van der Waals surface area contributed by atoms with Crippen molar-refractivity contribution in [1.82, 2.24) is 4.31 Å². The average Bonchev–Trinajstić information content (AvgIpc) is 2.56. The van der Waals surface area contributed by atoms with E-state index >= 15 is 0 Å². The Bertz CT molecular complexity index is 941. The van der Waals surface area contributed by atoms with Crippen molar-refractivity contribution in [2.24, 2.45) is 0 Å². The molecule has 2 rings (SSSR count). The number of aryl methyl sites for hydroxylation is 1. The second kappa shape index (κ2) is 7.65. The van der Waals surface area contributed by atoms with Crippen LogP contribution in [0.5, 0.6) is 0 Å². The van der Waals surface area contributed by atoms with Gasteiger partial charge in [-0.1, -0.05) is 11.6 Å². The van der Waals surface area contributed by atoms with Crippen molar-refractivity contribution in [3.8, 4) is 0 Å². The Hall–Kier alpha value is -2.09. The van der Waals surface area contributed by atoms with Gasteiger partial charge in [0.15, 0.2) is 0 Å². The van der Waals surface area contributed by atoms with Crippen molar-refractivity contribution in [2.45, 2.75) is 11.8 Å². The van der Waals surface area contributed by atoms with Crippen molar-refractivity contribution in [2.75, 3.05) is 38.4 Å². The highest BCUT2D eigenvalue weighted by Crippen LogP contribution is 2.26. The highest BCUT2D eigenvalue weighted by molar-refractivity contribution is 7.89. The van der Waals surface area contributed by atoms with Gasteiger partial charge < -0.3 is 10.2 Å². The molecule has 0 aliphatic rings. The summed E-state index contributed by atoms with van der Waals surface area (Å²) >= 11 is 6.02. The van der Waals surface area contributed by atoms with Crippen molar-refractivity contribution in [3.05, 3.63) is 52.5 Å². The van der Waals surface area contributed by atoms with Gasteiger partial charge in [0.1, 0.15) is 4.90 Å². The quantitative estimate of drug-likeness (QED) is 0.843. The maximum atomic E-state index is 12.6. The zero-order chi connectivity index (χ0) is 19.6. The first-order valence-electron chi connectivity index (χ1n) is 7.85. The summed E-state index contributed by atoms with van der Waals surface area (Å²) in [4.78, 5) is 14.4. The summed E-state index contributed by atoms with van der Waals surface area (Å²) < 4.78 is 25.7. The molecule has 0 saturated heterocycles. The van der Waals surface area contributed by atoms with Gasteiger partial charge in [-0.15, -0.1) is 0 Å². The molecule has 0 aliphatic heterocycles. The van der Waals surface area contributed by atoms with Gasteiger partial charge in [-0.2, -0.15) is 0 Å². The van der Waals surface area contributed by atoms with Crippen molar-refractivity contribution in [3.63, 3.8) is 0 Å². The molecule has 0 aromatic heterocycles. The van der Waals surface area contributed by atoms with Crippen molar-refractivity contribution < 1.29 is 13.2 Å². The number of anilines is 2. The van der Waals surface area contributed by atoms with Crippen LogP contribution in [-0.4, -0.2) is 46.8 Å². The highest BCUT2D eigenvalue weighted by atomic mass is 35.5. The van der Waals surface area contributed by atoms with Crippen molar-refractivity contribution >= 4 is 38.9 Å². The maximum absolute atomic E-state index is 12.6. The van der Waals surface area contributed by atoms with Crippen LogP contribution in [0.4, 0.5) is 11.4 Å². The number of benzene rings is 2. The summed E-state index contributed by atoms with van der Waals surface area (Å²) in [5, 5.41) is 2.88. The van der Waals surface area contributed by atoms with Gasteiger partial charge in [0.25, 0.3) is 5.91 Å². The molecule has 2 aromatic rings. The molecule has 6 nitrogen and oxygen atoms in total. The number of nitrogens with zero attached hydrogens (tertiary/aromatic N) is 2. The van der Waals surface area contributed by atoms with Crippen LogP contribution < -0.4 is 10.2 Å². The van der Waals surface area contributed by atoms with Crippen LogP contribution in [0.2, 0.25) is 5.02 Å². The molecule has 0 aliphatic carbocycles.